The first-order valence-corrected chi connectivity index (χ1v) is 6.80. The van der Waals surface area contributed by atoms with Gasteiger partial charge in [-0.2, -0.15) is 9.61 Å². The SMILES string of the molecule is Clc1ccc2nnc(C3CCOc4ccccc43)n2n1. The Bertz CT molecular complexity index is 786. The Morgan fingerprint density at radius 2 is 2.05 bits per heavy atom. The highest BCUT2D eigenvalue weighted by atomic mass is 35.5. The summed E-state index contributed by atoms with van der Waals surface area (Å²) in [7, 11) is 0. The second-order valence-corrected chi connectivity index (χ2v) is 5.10. The van der Waals surface area contributed by atoms with Crippen LogP contribution in [0.1, 0.15) is 23.7 Å². The Balaban J connectivity index is 1.90. The lowest BCUT2D eigenvalue weighted by Crippen LogP contribution is -2.17. The van der Waals surface area contributed by atoms with Gasteiger partial charge in [-0.25, -0.2) is 0 Å². The quantitative estimate of drug-likeness (QED) is 0.690. The van der Waals surface area contributed by atoms with Crippen LogP contribution in [0.3, 0.4) is 0 Å². The van der Waals surface area contributed by atoms with E-state index in [1.165, 1.54) is 0 Å². The molecule has 0 aliphatic carbocycles. The summed E-state index contributed by atoms with van der Waals surface area (Å²) in [5.74, 6) is 1.83. The van der Waals surface area contributed by atoms with E-state index < -0.39 is 0 Å². The van der Waals surface area contributed by atoms with Gasteiger partial charge in [0.25, 0.3) is 0 Å². The second-order valence-electron chi connectivity index (χ2n) is 4.71. The molecule has 3 heterocycles. The summed E-state index contributed by atoms with van der Waals surface area (Å²) < 4.78 is 7.40. The third-order valence-electron chi connectivity index (χ3n) is 3.52. The van der Waals surface area contributed by atoms with Crippen LogP contribution >= 0.6 is 11.6 Å². The largest absolute Gasteiger partial charge is 0.493 e. The van der Waals surface area contributed by atoms with Crippen molar-refractivity contribution in [2.45, 2.75) is 12.3 Å². The minimum absolute atomic E-state index is 0.126. The first-order chi connectivity index (χ1) is 9.83. The number of fused-ring (bicyclic) bond motifs is 2. The minimum atomic E-state index is 0.126. The third-order valence-corrected chi connectivity index (χ3v) is 3.73. The molecule has 100 valence electrons. The van der Waals surface area contributed by atoms with Gasteiger partial charge in [-0.15, -0.1) is 10.2 Å². The van der Waals surface area contributed by atoms with Crippen LogP contribution in [0.15, 0.2) is 36.4 Å². The van der Waals surface area contributed by atoms with Gasteiger partial charge in [0.15, 0.2) is 11.5 Å². The fourth-order valence-electron chi connectivity index (χ4n) is 2.61. The monoisotopic (exact) mass is 286 g/mol. The highest BCUT2D eigenvalue weighted by Gasteiger charge is 2.27. The molecule has 4 rings (SSSR count). The Morgan fingerprint density at radius 1 is 1.15 bits per heavy atom. The average Bonchev–Trinajstić information content (AvgIpc) is 2.89. The van der Waals surface area contributed by atoms with Crippen molar-refractivity contribution in [3.8, 4) is 5.75 Å². The van der Waals surface area contributed by atoms with E-state index in [2.05, 4.69) is 21.4 Å². The minimum Gasteiger partial charge on any atom is -0.493 e. The fraction of sp³-hybridized carbons (Fsp3) is 0.214. The van der Waals surface area contributed by atoms with Gasteiger partial charge in [0.05, 0.1) is 12.5 Å². The number of hydrogen-bond acceptors (Lipinski definition) is 4. The van der Waals surface area contributed by atoms with Crippen molar-refractivity contribution in [1.29, 1.82) is 0 Å². The molecule has 0 saturated carbocycles. The molecule has 5 nitrogen and oxygen atoms in total. The van der Waals surface area contributed by atoms with E-state index in [1.54, 1.807) is 10.6 Å². The summed E-state index contributed by atoms with van der Waals surface area (Å²) in [6.07, 6.45) is 0.853. The number of benzene rings is 1. The molecule has 1 unspecified atom stereocenters. The van der Waals surface area contributed by atoms with Crippen molar-refractivity contribution >= 4 is 17.2 Å². The predicted octanol–water partition coefficient (Wildman–Crippen LogP) is 2.69. The Hall–Kier alpha value is -2.14. The zero-order valence-electron chi connectivity index (χ0n) is 10.5. The van der Waals surface area contributed by atoms with Crippen LogP contribution in [0.4, 0.5) is 0 Å². The molecule has 0 fully saturated rings. The molecule has 6 heteroatoms. The second kappa shape index (κ2) is 4.45. The lowest BCUT2D eigenvalue weighted by Gasteiger charge is -2.24. The number of rotatable bonds is 1. The van der Waals surface area contributed by atoms with Crippen LogP contribution in [0, 0.1) is 0 Å². The van der Waals surface area contributed by atoms with E-state index in [9.17, 15) is 0 Å². The number of ether oxygens (including phenoxy) is 1. The third kappa shape index (κ3) is 1.74. The van der Waals surface area contributed by atoms with Crippen molar-refractivity contribution < 1.29 is 4.74 Å². The molecule has 0 N–H and O–H groups in total. The molecular weight excluding hydrogens is 276 g/mol. The van der Waals surface area contributed by atoms with Crippen LogP contribution in [0.5, 0.6) is 5.75 Å². The van der Waals surface area contributed by atoms with Crippen LogP contribution < -0.4 is 4.74 Å². The molecule has 0 bridgehead atoms. The molecule has 1 atom stereocenters. The molecule has 0 spiro atoms. The van der Waals surface area contributed by atoms with E-state index in [-0.39, 0.29) is 5.92 Å². The summed E-state index contributed by atoms with van der Waals surface area (Å²) >= 11 is 5.97. The molecule has 0 amide bonds. The Morgan fingerprint density at radius 3 is 3.00 bits per heavy atom. The van der Waals surface area contributed by atoms with Crippen molar-refractivity contribution in [2.24, 2.45) is 0 Å². The lowest BCUT2D eigenvalue weighted by molar-refractivity contribution is 0.273. The molecule has 1 aliphatic heterocycles. The summed E-state index contributed by atoms with van der Waals surface area (Å²) in [6.45, 7) is 0.664. The maximum absolute atomic E-state index is 5.97. The molecule has 20 heavy (non-hydrogen) atoms. The molecule has 1 aromatic carbocycles. The van der Waals surface area contributed by atoms with Crippen LogP contribution in [0.25, 0.3) is 5.65 Å². The van der Waals surface area contributed by atoms with Crippen LogP contribution in [-0.4, -0.2) is 26.4 Å². The predicted molar refractivity (Wildman–Crippen MR) is 74.2 cm³/mol. The first-order valence-electron chi connectivity index (χ1n) is 6.42. The molecule has 3 aromatic rings. The van der Waals surface area contributed by atoms with E-state index in [4.69, 9.17) is 16.3 Å². The number of halogens is 1. The molecule has 0 saturated heterocycles. The molecule has 2 aromatic heterocycles. The smallest absolute Gasteiger partial charge is 0.178 e. The van der Waals surface area contributed by atoms with Crippen molar-refractivity contribution in [3.05, 3.63) is 52.9 Å². The van der Waals surface area contributed by atoms with E-state index in [0.29, 0.717) is 17.4 Å². The highest BCUT2D eigenvalue weighted by Crippen LogP contribution is 2.36. The zero-order chi connectivity index (χ0) is 13.5. The van der Waals surface area contributed by atoms with Gasteiger partial charge in [0.2, 0.25) is 0 Å². The van der Waals surface area contributed by atoms with E-state index in [0.717, 1.165) is 23.6 Å². The van der Waals surface area contributed by atoms with Crippen molar-refractivity contribution in [1.82, 2.24) is 19.8 Å². The number of nitrogens with zero attached hydrogens (tertiary/aromatic N) is 4. The number of hydrogen-bond donors (Lipinski definition) is 0. The number of para-hydroxylation sites is 1. The van der Waals surface area contributed by atoms with Gasteiger partial charge in [-0.3, -0.25) is 0 Å². The Labute approximate surface area is 120 Å². The topological polar surface area (TPSA) is 52.3 Å². The van der Waals surface area contributed by atoms with Gasteiger partial charge in [-0.05, 0) is 24.6 Å². The average molecular weight is 287 g/mol. The highest BCUT2D eigenvalue weighted by molar-refractivity contribution is 6.29. The van der Waals surface area contributed by atoms with Crippen molar-refractivity contribution in [3.63, 3.8) is 0 Å². The van der Waals surface area contributed by atoms with E-state index >= 15 is 0 Å². The van der Waals surface area contributed by atoms with Crippen molar-refractivity contribution in [2.75, 3.05) is 6.61 Å². The van der Waals surface area contributed by atoms with Gasteiger partial charge in [-0.1, -0.05) is 29.8 Å². The van der Waals surface area contributed by atoms with Gasteiger partial charge < -0.3 is 4.74 Å². The Kier molecular flexibility index (Phi) is 2.60. The maximum Gasteiger partial charge on any atom is 0.178 e. The lowest BCUT2D eigenvalue weighted by atomic mass is 9.92. The summed E-state index contributed by atoms with van der Waals surface area (Å²) in [4.78, 5) is 0. The normalized spacial score (nSPS) is 17.8. The maximum atomic E-state index is 5.97. The molecule has 1 aliphatic rings. The first kappa shape index (κ1) is 11.7. The zero-order valence-corrected chi connectivity index (χ0v) is 11.3. The van der Waals surface area contributed by atoms with Gasteiger partial charge in [0, 0.05) is 5.56 Å². The van der Waals surface area contributed by atoms with E-state index in [1.807, 2.05) is 24.3 Å². The molecule has 0 radical (unpaired) electrons. The van der Waals surface area contributed by atoms with Crippen LogP contribution in [-0.2, 0) is 0 Å². The standard InChI is InChI=1S/C14H11ClN4O/c15-12-5-6-13-16-17-14(19(13)18-12)10-7-8-20-11-4-2-1-3-9(10)11/h1-6,10H,7-8H2. The van der Waals surface area contributed by atoms with Gasteiger partial charge >= 0.3 is 0 Å². The van der Waals surface area contributed by atoms with Crippen LogP contribution in [0.2, 0.25) is 5.15 Å². The summed E-state index contributed by atoms with van der Waals surface area (Å²) in [5, 5.41) is 13.2. The molecular formula is C14H11ClN4O. The summed E-state index contributed by atoms with van der Waals surface area (Å²) in [6, 6.07) is 11.5. The fourth-order valence-corrected chi connectivity index (χ4v) is 2.75. The summed E-state index contributed by atoms with van der Waals surface area (Å²) in [5.41, 5.74) is 1.82. The van der Waals surface area contributed by atoms with Gasteiger partial charge in [0.1, 0.15) is 10.9 Å². The number of aromatic nitrogens is 4.